The molecular weight excluding hydrogens is 319 g/mol. The van der Waals surface area contributed by atoms with Gasteiger partial charge in [0.25, 0.3) is 11.5 Å². The summed E-state index contributed by atoms with van der Waals surface area (Å²) < 4.78 is 14.5. The third-order valence-corrected chi connectivity index (χ3v) is 3.24. The second-order valence-corrected chi connectivity index (χ2v) is 4.78. The van der Waals surface area contributed by atoms with Crippen LogP contribution in [0.2, 0.25) is 0 Å². The van der Waals surface area contributed by atoms with Crippen LogP contribution in [0.15, 0.2) is 46.4 Å². The van der Waals surface area contributed by atoms with Gasteiger partial charge in [-0.3, -0.25) is 19.5 Å². The Morgan fingerprint density at radius 3 is 2.79 bits per heavy atom. The number of nitrogens with zero attached hydrogens (tertiary/aromatic N) is 3. The highest BCUT2D eigenvalue weighted by Gasteiger charge is 2.16. The van der Waals surface area contributed by atoms with Gasteiger partial charge in [-0.15, -0.1) is 0 Å². The molecule has 9 nitrogen and oxygen atoms in total. The van der Waals surface area contributed by atoms with Gasteiger partial charge in [0, 0.05) is 11.8 Å². The van der Waals surface area contributed by atoms with Crippen molar-refractivity contribution in [3.05, 3.63) is 74.6 Å². The van der Waals surface area contributed by atoms with Gasteiger partial charge in [-0.1, -0.05) is 18.2 Å². The average Bonchev–Trinajstić information content (AvgIpc) is 3.06. The smallest absolute Gasteiger partial charge is 0.313 e. The van der Waals surface area contributed by atoms with Gasteiger partial charge < -0.3 is 4.98 Å². The first-order valence-corrected chi connectivity index (χ1v) is 6.79. The van der Waals surface area contributed by atoms with Crippen LogP contribution in [0.1, 0.15) is 15.9 Å². The van der Waals surface area contributed by atoms with Crippen molar-refractivity contribution in [2.75, 3.05) is 5.32 Å². The molecule has 1 amide bonds. The molecule has 0 bridgehead atoms. The predicted molar refractivity (Wildman–Crippen MR) is 81.2 cm³/mol. The van der Waals surface area contributed by atoms with Gasteiger partial charge in [0.1, 0.15) is 17.7 Å². The Kier molecular flexibility index (Phi) is 4.01. The maximum Gasteiger partial charge on any atom is 0.328 e. The van der Waals surface area contributed by atoms with Gasteiger partial charge in [-0.2, -0.15) is 10.1 Å². The highest BCUT2D eigenvalue weighted by Crippen LogP contribution is 2.06. The van der Waals surface area contributed by atoms with Crippen LogP contribution in [0, 0.1) is 5.82 Å². The second-order valence-electron chi connectivity index (χ2n) is 4.78. The molecule has 0 saturated heterocycles. The van der Waals surface area contributed by atoms with Gasteiger partial charge in [-0.25, -0.2) is 14.3 Å². The summed E-state index contributed by atoms with van der Waals surface area (Å²) in [6.45, 7) is -0.301. The summed E-state index contributed by atoms with van der Waals surface area (Å²) >= 11 is 0. The SMILES string of the molecule is O=C(Nc1ncn[nH]1)c1c[nH]c(=O)n(Cc2ccccc2F)c1=O. The van der Waals surface area contributed by atoms with E-state index in [1.165, 1.54) is 24.5 Å². The number of H-pyrrole nitrogens is 2. The molecule has 3 aromatic rings. The summed E-state index contributed by atoms with van der Waals surface area (Å²) in [7, 11) is 0. The van der Waals surface area contributed by atoms with Crippen LogP contribution in [0.3, 0.4) is 0 Å². The lowest BCUT2D eigenvalue weighted by molar-refractivity contribution is 0.102. The fourth-order valence-electron chi connectivity index (χ4n) is 2.06. The number of carbonyl (C=O) groups excluding carboxylic acids is 1. The van der Waals surface area contributed by atoms with Gasteiger partial charge in [0.2, 0.25) is 5.95 Å². The first kappa shape index (κ1) is 15.3. The molecule has 0 unspecified atom stereocenters. The molecule has 122 valence electrons. The fraction of sp³-hybridized carbons (Fsp3) is 0.0714. The normalized spacial score (nSPS) is 10.5. The summed E-state index contributed by atoms with van der Waals surface area (Å²) in [5.41, 5.74) is -1.77. The zero-order valence-electron chi connectivity index (χ0n) is 12.1. The molecule has 0 fully saturated rings. The van der Waals surface area contributed by atoms with E-state index in [2.05, 4.69) is 25.5 Å². The molecule has 3 rings (SSSR count). The first-order valence-electron chi connectivity index (χ1n) is 6.79. The number of aromatic amines is 2. The van der Waals surface area contributed by atoms with Crippen LogP contribution in [0.4, 0.5) is 10.3 Å². The molecule has 0 radical (unpaired) electrons. The summed E-state index contributed by atoms with van der Waals surface area (Å²) in [5, 5.41) is 8.29. The molecule has 0 saturated carbocycles. The van der Waals surface area contributed by atoms with Crippen molar-refractivity contribution < 1.29 is 9.18 Å². The third kappa shape index (κ3) is 2.97. The summed E-state index contributed by atoms with van der Waals surface area (Å²) in [6, 6.07) is 5.74. The number of anilines is 1. The van der Waals surface area contributed by atoms with Crippen molar-refractivity contribution in [2.24, 2.45) is 0 Å². The standard InChI is InChI=1S/C14H11FN6O3/c15-10-4-2-1-3-8(10)6-21-12(23)9(5-16-14(21)24)11(22)19-13-17-7-18-20-13/h1-5,7H,6H2,(H,16,24)(H2,17,18,19,20,22). The number of carbonyl (C=O) groups is 1. The first-order chi connectivity index (χ1) is 11.6. The minimum atomic E-state index is -0.848. The van der Waals surface area contributed by atoms with E-state index in [0.717, 1.165) is 10.8 Å². The van der Waals surface area contributed by atoms with E-state index in [0.29, 0.717) is 0 Å². The van der Waals surface area contributed by atoms with E-state index in [-0.39, 0.29) is 23.6 Å². The van der Waals surface area contributed by atoms with E-state index >= 15 is 0 Å². The Balaban J connectivity index is 1.96. The van der Waals surface area contributed by atoms with Gasteiger partial charge in [-0.05, 0) is 6.07 Å². The number of benzene rings is 1. The lowest BCUT2D eigenvalue weighted by Crippen LogP contribution is -2.39. The van der Waals surface area contributed by atoms with E-state index in [1.807, 2.05) is 0 Å². The van der Waals surface area contributed by atoms with Crippen LogP contribution < -0.4 is 16.6 Å². The number of amides is 1. The molecule has 0 aliphatic carbocycles. The largest absolute Gasteiger partial charge is 0.328 e. The Labute approximate surface area is 133 Å². The van der Waals surface area contributed by atoms with Gasteiger partial charge >= 0.3 is 5.69 Å². The highest BCUT2D eigenvalue weighted by atomic mass is 19.1. The number of nitrogens with one attached hydrogen (secondary N) is 3. The third-order valence-electron chi connectivity index (χ3n) is 3.24. The molecule has 0 aliphatic rings. The summed E-state index contributed by atoms with van der Waals surface area (Å²) in [5.74, 6) is -1.29. The number of aromatic nitrogens is 5. The van der Waals surface area contributed by atoms with Gasteiger partial charge in [0.05, 0.1) is 6.54 Å². The van der Waals surface area contributed by atoms with Crippen molar-refractivity contribution in [1.82, 2.24) is 24.7 Å². The molecule has 0 spiro atoms. The number of rotatable bonds is 4. The van der Waals surface area contributed by atoms with Crippen molar-refractivity contribution in [2.45, 2.75) is 6.54 Å². The molecular formula is C14H11FN6O3. The molecule has 0 atom stereocenters. The molecule has 0 aliphatic heterocycles. The number of hydrogen-bond acceptors (Lipinski definition) is 5. The van der Waals surface area contributed by atoms with E-state index < -0.39 is 23.0 Å². The molecule has 2 heterocycles. The second kappa shape index (κ2) is 6.28. The Morgan fingerprint density at radius 1 is 1.29 bits per heavy atom. The maximum atomic E-state index is 13.7. The fourth-order valence-corrected chi connectivity index (χ4v) is 2.06. The maximum absolute atomic E-state index is 13.7. The van der Waals surface area contributed by atoms with Crippen molar-refractivity contribution in [1.29, 1.82) is 0 Å². The zero-order valence-corrected chi connectivity index (χ0v) is 12.1. The van der Waals surface area contributed by atoms with Crippen LogP contribution in [0.25, 0.3) is 0 Å². The Bertz CT molecular complexity index is 992. The average molecular weight is 330 g/mol. The quantitative estimate of drug-likeness (QED) is 0.625. The summed E-state index contributed by atoms with van der Waals surface area (Å²) in [6.07, 6.45) is 2.17. The molecule has 3 N–H and O–H groups in total. The van der Waals surface area contributed by atoms with Crippen molar-refractivity contribution in [3.63, 3.8) is 0 Å². The highest BCUT2D eigenvalue weighted by molar-refractivity contribution is 6.02. The number of halogens is 1. The monoisotopic (exact) mass is 330 g/mol. The summed E-state index contributed by atoms with van der Waals surface area (Å²) in [4.78, 5) is 42.4. The lowest BCUT2D eigenvalue weighted by atomic mass is 10.2. The molecule has 2 aromatic heterocycles. The lowest BCUT2D eigenvalue weighted by Gasteiger charge is -2.07. The van der Waals surface area contributed by atoms with E-state index in [9.17, 15) is 18.8 Å². The molecule has 10 heteroatoms. The van der Waals surface area contributed by atoms with Crippen LogP contribution >= 0.6 is 0 Å². The van der Waals surface area contributed by atoms with E-state index in [1.54, 1.807) is 6.07 Å². The van der Waals surface area contributed by atoms with E-state index in [4.69, 9.17) is 0 Å². The minimum Gasteiger partial charge on any atom is -0.313 e. The van der Waals surface area contributed by atoms with Gasteiger partial charge in [0.15, 0.2) is 0 Å². The zero-order chi connectivity index (χ0) is 17.1. The van der Waals surface area contributed by atoms with Crippen LogP contribution in [-0.2, 0) is 6.54 Å². The van der Waals surface area contributed by atoms with Crippen molar-refractivity contribution in [3.8, 4) is 0 Å². The van der Waals surface area contributed by atoms with Crippen LogP contribution in [0.5, 0.6) is 0 Å². The minimum absolute atomic E-state index is 0.0475. The predicted octanol–water partition coefficient (Wildman–Crippen LogP) is 0.0944. The topological polar surface area (TPSA) is 126 Å². The van der Waals surface area contributed by atoms with Crippen molar-refractivity contribution >= 4 is 11.9 Å². The Hall–Kier alpha value is -3.56. The molecule has 24 heavy (non-hydrogen) atoms. The number of hydrogen-bond donors (Lipinski definition) is 3. The Morgan fingerprint density at radius 2 is 2.08 bits per heavy atom. The van der Waals surface area contributed by atoms with Crippen LogP contribution in [-0.4, -0.2) is 30.6 Å². The molecule has 1 aromatic carbocycles.